The van der Waals surface area contributed by atoms with Crippen LogP contribution in [0.2, 0.25) is 0 Å². The smallest absolute Gasteiger partial charge is 0.477 e. The number of hydrogen-bond acceptors (Lipinski definition) is 6. The molecule has 0 spiro atoms. The third-order valence-electron chi connectivity index (χ3n) is 5.17. The summed E-state index contributed by atoms with van der Waals surface area (Å²) < 4.78 is 25.0. The number of aromatic nitrogens is 2. The van der Waals surface area contributed by atoms with Crippen LogP contribution in [0.4, 0.5) is 4.79 Å². The van der Waals surface area contributed by atoms with Gasteiger partial charge in [-0.1, -0.05) is 19.8 Å². The van der Waals surface area contributed by atoms with Crippen molar-refractivity contribution in [2.45, 2.75) is 98.4 Å². The monoisotopic (exact) mass is 394 g/mol. The Labute approximate surface area is 169 Å². The molecule has 0 aromatic carbocycles. The second-order valence-corrected chi connectivity index (χ2v) is 9.34. The van der Waals surface area contributed by atoms with Gasteiger partial charge in [-0.05, 0) is 61.8 Å². The fourth-order valence-corrected chi connectivity index (χ4v) is 2.83. The minimum absolute atomic E-state index is 0.359. The first-order chi connectivity index (χ1) is 12.8. The van der Waals surface area contributed by atoms with Gasteiger partial charge in [-0.25, -0.2) is 4.79 Å². The van der Waals surface area contributed by atoms with Crippen LogP contribution in [0.3, 0.4) is 0 Å². The van der Waals surface area contributed by atoms with E-state index in [1.165, 1.54) is 4.68 Å². The average Bonchev–Trinajstić information content (AvgIpc) is 2.95. The summed E-state index contributed by atoms with van der Waals surface area (Å²) in [7, 11) is -0.664. The van der Waals surface area contributed by atoms with Gasteiger partial charge in [0.25, 0.3) is 0 Å². The third kappa shape index (κ3) is 4.89. The van der Waals surface area contributed by atoms with Gasteiger partial charge in [-0.2, -0.15) is 4.68 Å². The predicted octanol–water partition coefficient (Wildman–Crippen LogP) is 3.84. The number of rotatable bonds is 6. The van der Waals surface area contributed by atoms with Gasteiger partial charge in [0.2, 0.25) is 5.88 Å². The van der Waals surface area contributed by atoms with Crippen LogP contribution in [0.1, 0.15) is 80.3 Å². The number of ether oxygens (including phenoxy) is 2. The van der Waals surface area contributed by atoms with Crippen LogP contribution in [0.25, 0.3) is 0 Å². The van der Waals surface area contributed by atoms with Crippen LogP contribution in [0.15, 0.2) is 0 Å². The average molecular weight is 394 g/mol. The molecule has 0 radical (unpaired) electrons. The molecule has 158 valence electrons. The van der Waals surface area contributed by atoms with E-state index in [4.69, 9.17) is 18.8 Å². The summed E-state index contributed by atoms with van der Waals surface area (Å²) >= 11 is 0. The van der Waals surface area contributed by atoms with E-state index < -0.39 is 30.0 Å². The predicted molar refractivity (Wildman–Crippen MR) is 109 cm³/mol. The Morgan fingerprint density at radius 3 is 2.21 bits per heavy atom. The van der Waals surface area contributed by atoms with Crippen molar-refractivity contribution in [1.82, 2.24) is 9.78 Å². The first-order valence-electron chi connectivity index (χ1n) is 10.1. The maximum absolute atomic E-state index is 12.6. The first-order valence-corrected chi connectivity index (χ1v) is 10.1. The standard InChI is InChI=1S/C20H35BN2O5/c1-10-11-12-13-25-16-15(21-27-19(6,7)20(8,9)28-21)14(2)23(22-16)17(24)26-18(3,4)5/h10-13H2,1-9H3. The summed E-state index contributed by atoms with van der Waals surface area (Å²) in [6, 6.07) is 0. The van der Waals surface area contributed by atoms with Crippen molar-refractivity contribution in [3.63, 3.8) is 0 Å². The van der Waals surface area contributed by atoms with Gasteiger partial charge in [0.1, 0.15) is 5.60 Å². The Morgan fingerprint density at radius 2 is 1.71 bits per heavy atom. The highest BCUT2D eigenvalue weighted by Crippen LogP contribution is 2.37. The largest absolute Gasteiger partial charge is 0.502 e. The molecule has 0 N–H and O–H groups in total. The molecule has 0 amide bonds. The number of carbonyl (C=O) groups is 1. The molecular weight excluding hydrogens is 359 g/mol. The van der Waals surface area contributed by atoms with E-state index in [1.807, 2.05) is 48.5 Å². The Hall–Kier alpha value is -1.54. The molecule has 0 atom stereocenters. The lowest BCUT2D eigenvalue weighted by Crippen LogP contribution is -2.41. The maximum Gasteiger partial charge on any atom is 0.502 e. The van der Waals surface area contributed by atoms with E-state index >= 15 is 0 Å². The van der Waals surface area contributed by atoms with Crippen molar-refractivity contribution in [2.75, 3.05) is 6.61 Å². The molecule has 7 nitrogen and oxygen atoms in total. The lowest BCUT2D eigenvalue weighted by atomic mass is 9.79. The quantitative estimate of drug-likeness (QED) is 0.539. The van der Waals surface area contributed by atoms with Crippen molar-refractivity contribution >= 4 is 18.7 Å². The highest BCUT2D eigenvalue weighted by molar-refractivity contribution is 6.63. The van der Waals surface area contributed by atoms with Gasteiger partial charge in [0.05, 0.1) is 29.0 Å². The van der Waals surface area contributed by atoms with Crippen molar-refractivity contribution in [3.05, 3.63) is 5.69 Å². The van der Waals surface area contributed by atoms with Crippen LogP contribution in [0, 0.1) is 6.92 Å². The molecule has 0 unspecified atom stereocenters. The molecule has 0 saturated carbocycles. The zero-order chi connectivity index (χ0) is 21.3. The Balaban J connectivity index is 2.37. The number of carbonyl (C=O) groups excluding carboxylic acids is 1. The van der Waals surface area contributed by atoms with Crippen LogP contribution in [-0.4, -0.2) is 46.4 Å². The van der Waals surface area contributed by atoms with E-state index in [0.29, 0.717) is 23.6 Å². The highest BCUT2D eigenvalue weighted by atomic mass is 16.7. The molecule has 1 aromatic heterocycles. The van der Waals surface area contributed by atoms with Crippen molar-refractivity contribution in [3.8, 4) is 5.88 Å². The zero-order valence-electron chi connectivity index (χ0n) is 18.8. The molecule has 0 aliphatic carbocycles. The summed E-state index contributed by atoms with van der Waals surface area (Å²) in [6.07, 6.45) is 2.53. The molecule has 1 saturated heterocycles. The molecule has 0 bridgehead atoms. The van der Waals surface area contributed by atoms with E-state index in [2.05, 4.69) is 12.0 Å². The Kier molecular flexibility index (Phi) is 6.56. The minimum Gasteiger partial charge on any atom is -0.477 e. The van der Waals surface area contributed by atoms with Gasteiger partial charge in [0, 0.05) is 0 Å². The second-order valence-electron chi connectivity index (χ2n) is 9.34. The molecule has 1 aromatic rings. The minimum atomic E-state index is -0.664. The summed E-state index contributed by atoms with van der Waals surface area (Å²) in [5.41, 5.74) is -0.392. The number of unbranched alkanes of at least 4 members (excludes halogenated alkanes) is 2. The summed E-state index contributed by atoms with van der Waals surface area (Å²) in [6.45, 7) is 17.9. The molecule has 28 heavy (non-hydrogen) atoms. The molecule has 1 aliphatic rings. The third-order valence-corrected chi connectivity index (χ3v) is 5.17. The maximum atomic E-state index is 12.6. The Bertz CT molecular complexity index is 690. The van der Waals surface area contributed by atoms with Crippen molar-refractivity contribution < 1.29 is 23.6 Å². The van der Waals surface area contributed by atoms with Crippen LogP contribution in [0.5, 0.6) is 5.88 Å². The van der Waals surface area contributed by atoms with Crippen LogP contribution < -0.4 is 10.2 Å². The van der Waals surface area contributed by atoms with Gasteiger partial charge >= 0.3 is 13.2 Å². The number of nitrogens with zero attached hydrogens (tertiary/aromatic N) is 2. The van der Waals surface area contributed by atoms with Crippen molar-refractivity contribution in [2.24, 2.45) is 0 Å². The van der Waals surface area contributed by atoms with Crippen LogP contribution >= 0.6 is 0 Å². The Morgan fingerprint density at radius 1 is 1.14 bits per heavy atom. The molecular formula is C20H35BN2O5. The summed E-state index contributed by atoms with van der Waals surface area (Å²) in [5.74, 6) is 0.359. The van der Waals surface area contributed by atoms with Gasteiger partial charge < -0.3 is 18.8 Å². The van der Waals surface area contributed by atoms with Crippen molar-refractivity contribution in [1.29, 1.82) is 0 Å². The molecule has 2 heterocycles. The summed E-state index contributed by atoms with van der Waals surface area (Å²) in [4.78, 5) is 12.6. The molecule has 1 aliphatic heterocycles. The van der Waals surface area contributed by atoms with E-state index in [9.17, 15) is 4.79 Å². The lowest BCUT2D eigenvalue weighted by Gasteiger charge is -2.32. The molecule has 1 fully saturated rings. The molecule has 8 heteroatoms. The molecule has 2 rings (SSSR count). The topological polar surface area (TPSA) is 71.8 Å². The fourth-order valence-electron chi connectivity index (χ4n) is 2.83. The van der Waals surface area contributed by atoms with Crippen LogP contribution in [-0.2, 0) is 14.0 Å². The first kappa shape index (κ1) is 22.8. The SMILES string of the molecule is CCCCCOc1nn(C(=O)OC(C)(C)C)c(C)c1B1OC(C)(C)C(C)(C)O1. The van der Waals surface area contributed by atoms with E-state index in [-0.39, 0.29) is 0 Å². The van der Waals surface area contributed by atoms with Gasteiger partial charge in [-0.15, -0.1) is 5.10 Å². The van der Waals surface area contributed by atoms with E-state index in [0.717, 1.165) is 19.3 Å². The normalized spacial score (nSPS) is 18.4. The summed E-state index contributed by atoms with van der Waals surface area (Å²) in [5, 5.41) is 4.39. The fraction of sp³-hybridized carbons (Fsp3) is 0.800. The lowest BCUT2D eigenvalue weighted by molar-refractivity contribution is 0.00578. The second kappa shape index (κ2) is 8.07. The van der Waals surface area contributed by atoms with Gasteiger partial charge in [-0.3, -0.25) is 0 Å². The number of hydrogen-bond donors (Lipinski definition) is 0. The highest BCUT2D eigenvalue weighted by Gasteiger charge is 2.54. The zero-order valence-corrected chi connectivity index (χ0v) is 18.8. The van der Waals surface area contributed by atoms with E-state index in [1.54, 1.807) is 6.92 Å². The van der Waals surface area contributed by atoms with Gasteiger partial charge in [0.15, 0.2) is 0 Å².